The first-order valence-electron chi connectivity index (χ1n) is 7.85. The van der Waals surface area contributed by atoms with Crippen molar-refractivity contribution in [3.63, 3.8) is 0 Å². The molecule has 8 heteroatoms. The minimum Gasteiger partial charge on any atom is -0.302 e. The molecule has 1 N–H and O–H groups in total. The van der Waals surface area contributed by atoms with Gasteiger partial charge >= 0.3 is 0 Å². The summed E-state index contributed by atoms with van der Waals surface area (Å²) in [6.45, 7) is 1.85. The third-order valence-corrected chi connectivity index (χ3v) is 5.14. The quantitative estimate of drug-likeness (QED) is 0.419. The highest BCUT2D eigenvalue weighted by atomic mass is 32.2. The highest BCUT2D eigenvalue weighted by Gasteiger charge is 2.15. The van der Waals surface area contributed by atoms with Gasteiger partial charge in [0.25, 0.3) is 5.69 Å². The second-order valence-corrected chi connectivity index (χ2v) is 7.49. The number of nitro benzene ring substituents is 1. The standard InChI is InChI=1S/C17H21N3O4S/c1-19(14-15-6-3-2-4-7-15)13-5-12-18-25(23,24)17-10-8-16(9-11-17)20(21)22/h2-4,6-11,18H,5,12-14H2,1H3. The first-order chi connectivity index (χ1) is 11.9. The molecule has 7 nitrogen and oxygen atoms in total. The number of hydrogen-bond donors (Lipinski definition) is 1. The van der Waals surface area contributed by atoms with Crippen LogP contribution >= 0.6 is 0 Å². The molecule has 0 radical (unpaired) electrons. The lowest BCUT2D eigenvalue weighted by molar-refractivity contribution is -0.384. The molecule has 2 rings (SSSR count). The normalized spacial score (nSPS) is 11.6. The van der Waals surface area contributed by atoms with Crippen molar-refractivity contribution >= 4 is 15.7 Å². The molecule has 0 aliphatic carbocycles. The Bertz CT molecular complexity index is 792. The van der Waals surface area contributed by atoms with E-state index >= 15 is 0 Å². The Balaban J connectivity index is 1.79. The van der Waals surface area contributed by atoms with Crippen LogP contribution in [0.4, 0.5) is 5.69 Å². The maximum absolute atomic E-state index is 12.2. The van der Waals surface area contributed by atoms with Crippen molar-refractivity contribution in [1.29, 1.82) is 0 Å². The fraction of sp³-hybridized carbons (Fsp3) is 0.294. The van der Waals surface area contributed by atoms with E-state index in [1.54, 1.807) is 0 Å². The molecule has 0 heterocycles. The Hall–Kier alpha value is -2.29. The van der Waals surface area contributed by atoms with Crippen LogP contribution in [0.5, 0.6) is 0 Å². The zero-order chi connectivity index (χ0) is 18.3. The van der Waals surface area contributed by atoms with Crippen molar-refractivity contribution in [3.8, 4) is 0 Å². The fourth-order valence-electron chi connectivity index (χ4n) is 2.36. The van der Waals surface area contributed by atoms with Crippen LogP contribution in [0.25, 0.3) is 0 Å². The largest absolute Gasteiger partial charge is 0.302 e. The van der Waals surface area contributed by atoms with E-state index in [1.807, 2.05) is 37.4 Å². The average Bonchev–Trinajstić information content (AvgIpc) is 2.60. The molecule has 0 saturated carbocycles. The fourth-order valence-corrected chi connectivity index (χ4v) is 3.43. The highest BCUT2D eigenvalue weighted by Crippen LogP contribution is 2.15. The Kier molecular flexibility index (Phi) is 6.63. The molecule has 134 valence electrons. The van der Waals surface area contributed by atoms with Gasteiger partial charge in [-0.3, -0.25) is 10.1 Å². The second kappa shape index (κ2) is 8.70. The zero-order valence-electron chi connectivity index (χ0n) is 14.0. The predicted octanol–water partition coefficient (Wildman–Crippen LogP) is 2.40. The molecule has 0 amide bonds. The number of nitrogens with one attached hydrogen (secondary N) is 1. The van der Waals surface area contributed by atoms with E-state index in [9.17, 15) is 18.5 Å². The number of hydrogen-bond acceptors (Lipinski definition) is 5. The molecule has 0 bridgehead atoms. The Labute approximate surface area is 147 Å². The Morgan fingerprint density at radius 1 is 1.08 bits per heavy atom. The molecule has 0 spiro atoms. The van der Waals surface area contributed by atoms with Crippen LogP contribution in [0.3, 0.4) is 0 Å². The number of nitrogens with zero attached hydrogens (tertiary/aromatic N) is 2. The van der Waals surface area contributed by atoms with Gasteiger partial charge in [-0.15, -0.1) is 0 Å². The summed E-state index contributed by atoms with van der Waals surface area (Å²) in [7, 11) is -1.67. The van der Waals surface area contributed by atoms with Crippen LogP contribution in [-0.2, 0) is 16.6 Å². The number of sulfonamides is 1. The number of non-ortho nitro benzene ring substituents is 1. The molecule has 0 aliphatic heterocycles. The van der Waals surface area contributed by atoms with Crippen molar-refractivity contribution in [1.82, 2.24) is 9.62 Å². The van der Waals surface area contributed by atoms with Crippen molar-refractivity contribution in [2.45, 2.75) is 17.9 Å². The maximum Gasteiger partial charge on any atom is 0.269 e. The summed E-state index contributed by atoms with van der Waals surface area (Å²) in [5, 5.41) is 10.6. The van der Waals surface area contributed by atoms with Crippen molar-refractivity contribution in [2.24, 2.45) is 0 Å². The van der Waals surface area contributed by atoms with Crippen LogP contribution in [0, 0.1) is 10.1 Å². The first kappa shape index (κ1) is 19.0. The molecule has 2 aromatic carbocycles. The third kappa shape index (κ3) is 5.93. The average molecular weight is 363 g/mol. The van der Waals surface area contributed by atoms with Crippen LogP contribution in [0.15, 0.2) is 59.5 Å². The molecule has 2 aromatic rings. The predicted molar refractivity (Wildman–Crippen MR) is 95.7 cm³/mol. The van der Waals surface area contributed by atoms with Crippen LogP contribution in [-0.4, -0.2) is 38.4 Å². The summed E-state index contributed by atoms with van der Waals surface area (Å²) >= 11 is 0. The van der Waals surface area contributed by atoms with E-state index in [2.05, 4.69) is 9.62 Å². The summed E-state index contributed by atoms with van der Waals surface area (Å²) in [5.41, 5.74) is 1.07. The van der Waals surface area contributed by atoms with Crippen LogP contribution < -0.4 is 4.72 Å². The molecule has 0 unspecified atom stereocenters. The van der Waals surface area contributed by atoms with E-state index in [1.165, 1.54) is 29.8 Å². The lowest BCUT2D eigenvalue weighted by Gasteiger charge is -2.16. The van der Waals surface area contributed by atoms with E-state index in [4.69, 9.17) is 0 Å². The lowest BCUT2D eigenvalue weighted by atomic mass is 10.2. The van der Waals surface area contributed by atoms with Gasteiger partial charge < -0.3 is 4.90 Å². The smallest absolute Gasteiger partial charge is 0.269 e. The molecular weight excluding hydrogens is 342 g/mol. The molecular formula is C17H21N3O4S. The van der Waals surface area contributed by atoms with Gasteiger partial charge in [-0.1, -0.05) is 30.3 Å². The van der Waals surface area contributed by atoms with Gasteiger partial charge in [-0.25, -0.2) is 13.1 Å². The van der Waals surface area contributed by atoms with Crippen molar-refractivity contribution < 1.29 is 13.3 Å². The van der Waals surface area contributed by atoms with E-state index in [-0.39, 0.29) is 10.6 Å². The lowest BCUT2D eigenvalue weighted by Crippen LogP contribution is -2.28. The summed E-state index contributed by atoms with van der Waals surface area (Å²) in [4.78, 5) is 12.2. The van der Waals surface area contributed by atoms with Gasteiger partial charge in [-0.05, 0) is 37.7 Å². The molecule has 0 atom stereocenters. The molecule has 25 heavy (non-hydrogen) atoms. The maximum atomic E-state index is 12.2. The van der Waals surface area contributed by atoms with E-state index < -0.39 is 14.9 Å². The third-order valence-electron chi connectivity index (χ3n) is 3.66. The van der Waals surface area contributed by atoms with Gasteiger partial charge in [0.2, 0.25) is 10.0 Å². The van der Waals surface area contributed by atoms with E-state index in [0.29, 0.717) is 13.0 Å². The van der Waals surface area contributed by atoms with Gasteiger partial charge in [0.15, 0.2) is 0 Å². The van der Waals surface area contributed by atoms with Crippen molar-refractivity contribution in [2.75, 3.05) is 20.1 Å². The minimum absolute atomic E-state index is 0.0238. The summed E-state index contributed by atoms with van der Waals surface area (Å²) < 4.78 is 26.8. The Morgan fingerprint density at radius 3 is 2.32 bits per heavy atom. The Morgan fingerprint density at radius 2 is 1.72 bits per heavy atom. The highest BCUT2D eigenvalue weighted by molar-refractivity contribution is 7.89. The van der Waals surface area contributed by atoms with Crippen LogP contribution in [0.1, 0.15) is 12.0 Å². The summed E-state index contributed by atoms with van der Waals surface area (Å²) in [6, 6.07) is 14.9. The number of nitro groups is 1. The SMILES string of the molecule is CN(CCCNS(=O)(=O)c1ccc([N+](=O)[O-])cc1)Cc1ccccc1. The molecule has 0 fully saturated rings. The van der Waals surface area contributed by atoms with Crippen molar-refractivity contribution in [3.05, 3.63) is 70.3 Å². The molecule has 0 saturated heterocycles. The first-order valence-corrected chi connectivity index (χ1v) is 9.33. The minimum atomic E-state index is -3.65. The van der Waals surface area contributed by atoms with Gasteiger partial charge in [0.1, 0.15) is 0 Å². The van der Waals surface area contributed by atoms with Gasteiger partial charge in [-0.2, -0.15) is 0 Å². The van der Waals surface area contributed by atoms with Gasteiger partial charge in [0.05, 0.1) is 9.82 Å². The topological polar surface area (TPSA) is 92.6 Å². The van der Waals surface area contributed by atoms with Gasteiger partial charge in [0, 0.05) is 25.2 Å². The number of rotatable bonds is 9. The second-order valence-electron chi connectivity index (χ2n) is 5.73. The molecule has 0 aliphatic rings. The molecule has 0 aromatic heterocycles. The monoisotopic (exact) mass is 363 g/mol. The summed E-state index contributed by atoms with van der Waals surface area (Å²) in [5.74, 6) is 0. The van der Waals surface area contributed by atoms with E-state index in [0.717, 1.165) is 13.1 Å². The van der Waals surface area contributed by atoms with Crippen LogP contribution in [0.2, 0.25) is 0 Å². The number of benzene rings is 2. The zero-order valence-corrected chi connectivity index (χ0v) is 14.8. The summed E-state index contributed by atoms with van der Waals surface area (Å²) in [6.07, 6.45) is 0.662.